The standard InChI is InChI=1S/C10H19F3N2/c1-8(6-10(11,12)13)15-7-9-2-4-14-5-3-9/h8-9,14-15H,2-7H2,1H3. The lowest BCUT2D eigenvalue weighted by Crippen LogP contribution is -2.38. The average molecular weight is 224 g/mol. The Hall–Kier alpha value is -0.290. The first-order chi connectivity index (χ1) is 6.97. The second-order valence-corrected chi connectivity index (χ2v) is 4.32. The van der Waals surface area contributed by atoms with E-state index in [9.17, 15) is 13.2 Å². The Kier molecular flexibility index (Phi) is 4.86. The summed E-state index contributed by atoms with van der Waals surface area (Å²) in [7, 11) is 0. The van der Waals surface area contributed by atoms with Gasteiger partial charge in [-0.05, 0) is 45.3 Å². The average Bonchev–Trinajstić information content (AvgIpc) is 2.14. The Balaban J connectivity index is 2.12. The molecule has 1 aliphatic rings. The van der Waals surface area contributed by atoms with E-state index in [4.69, 9.17) is 0 Å². The number of nitrogens with one attached hydrogen (secondary N) is 2. The predicted octanol–water partition coefficient (Wildman–Crippen LogP) is 1.92. The molecule has 0 aromatic carbocycles. The molecule has 1 heterocycles. The van der Waals surface area contributed by atoms with Crippen LogP contribution in [0, 0.1) is 5.92 Å². The van der Waals surface area contributed by atoms with Crippen molar-refractivity contribution in [3.05, 3.63) is 0 Å². The van der Waals surface area contributed by atoms with Crippen molar-refractivity contribution in [2.24, 2.45) is 5.92 Å². The maximum atomic E-state index is 12.0. The van der Waals surface area contributed by atoms with Crippen molar-refractivity contribution in [1.82, 2.24) is 10.6 Å². The lowest BCUT2D eigenvalue weighted by molar-refractivity contribution is -0.139. The van der Waals surface area contributed by atoms with Gasteiger partial charge in [0.1, 0.15) is 0 Å². The Morgan fingerprint density at radius 2 is 1.93 bits per heavy atom. The number of rotatable bonds is 4. The van der Waals surface area contributed by atoms with Gasteiger partial charge in [0.15, 0.2) is 0 Å². The van der Waals surface area contributed by atoms with Crippen LogP contribution >= 0.6 is 0 Å². The van der Waals surface area contributed by atoms with Crippen molar-refractivity contribution < 1.29 is 13.2 Å². The van der Waals surface area contributed by atoms with Gasteiger partial charge in [-0.2, -0.15) is 13.2 Å². The topological polar surface area (TPSA) is 24.1 Å². The zero-order valence-electron chi connectivity index (χ0n) is 9.03. The first-order valence-electron chi connectivity index (χ1n) is 5.48. The Morgan fingerprint density at radius 1 is 1.33 bits per heavy atom. The van der Waals surface area contributed by atoms with Gasteiger partial charge in [-0.25, -0.2) is 0 Å². The summed E-state index contributed by atoms with van der Waals surface area (Å²) >= 11 is 0. The van der Waals surface area contributed by atoms with E-state index in [1.807, 2.05) is 0 Å². The lowest BCUT2D eigenvalue weighted by atomic mass is 9.98. The quantitative estimate of drug-likeness (QED) is 0.762. The van der Waals surface area contributed by atoms with Crippen molar-refractivity contribution in [1.29, 1.82) is 0 Å². The van der Waals surface area contributed by atoms with Gasteiger partial charge in [0.25, 0.3) is 0 Å². The minimum absolute atomic E-state index is 0.472. The van der Waals surface area contributed by atoms with E-state index in [0.29, 0.717) is 12.5 Å². The molecule has 0 amide bonds. The van der Waals surface area contributed by atoms with Gasteiger partial charge in [-0.15, -0.1) is 0 Å². The van der Waals surface area contributed by atoms with E-state index >= 15 is 0 Å². The highest BCUT2D eigenvalue weighted by Crippen LogP contribution is 2.21. The lowest BCUT2D eigenvalue weighted by Gasteiger charge is -2.25. The molecule has 0 aromatic rings. The van der Waals surface area contributed by atoms with Gasteiger partial charge in [0.2, 0.25) is 0 Å². The summed E-state index contributed by atoms with van der Waals surface area (Å²) in [5, 5.41) is 6.19. The molecule has 1 saturated heterocycles. The minimum Gasteiger partial charge on any atom is -0.317 e. The maximum absolute atomic E-state index is 12.0. The molecule has 0 radical (unpaired) electrons. The summed E-state index contributed by atoms with van der Waals surface area (Å²) in [5.74, 6) is 0.530. The third kappa shape index (κ3) is 5.99. The summed E-state index contributed by atoms with van der Waals surface area (Å²) < 4.78 is 36.1. The number of halogens is 3. The van der Waals surface area contributed by atoms with E-state index in [0.717, 1.165) is 25.9 Å². The van der Waals surface area contributed by atoms with E-state index in [-0.39, 0.29) is 0 Å². The fourth-order valence-corrected chi connectivity index (χ4v) is 1.87. The van der Waals surface area contributed by atoms with Gasteiger partial charge >= 0.3 is 6.18 Å². The van der Waals surface area contributed by atoms with Crippen LogP contribution < -0.4 is 10.6 Å². The van der Waals surface area contributed by atoms with E-state index in [1.165, 1.54) is 0 Å². The number of alkyl halides is 3. The highest BCUT2D eigenvalue weighted by atomic mass is 19.4. The van der Waals surface area contributed by atoms with Gasteiger partial charge in [-0.1, -0.05) is 0 Å². The first-order valence-corrected chi connectivity index (χ1v) is 5.48. The highest BCUT2D eigenvalue weighted by molar-refractivity contribution is 4.73. The van der Waals surface area contributed by atoms with Crippen LogP contribution in [0.3, 0.4) is 0 Å². The van der Waals surface area contributed by atoms with E-state index in [2.05, 4.69) is 10.6 Å². The summed E-state index contributed by atoms with van der Waals surface area (Å²) in [6.45, 7) is 4.27. The number of hydrogen-bond donors (Lipinski definition) is 2. The second-order valence-electron chi connectivity index (χ2n) is 4.32. The second kappa shape index (κ2) is 5.70. The molecule has 0 aliphatic carbocycles. The van der Waals surface area contributed by atoms with Crippen LogP contribution in [0.4, 0.5) is 13.2 Å². The molecule has 1 fully saturated rings. The fourth-order valence-electron chi connectivity index (χ4n) is 1.87. The van der Waals surface area contributed by atoms with Crippen molar-refractivity contribution in [2.45, 2.75) is 38.4 Å². The monoisotopic (exact) mass is 224 g/mol. The van der Waals surface area contributed by atoms with Gasteiger partial charge in [0, 0.05) is 6.04 Å². The molecular weight excluding hydrogens is 205 g/mol. The molecule has 15 heavy (non-hydrogen) atoms. The molecule has 0 spiro atoms. The number of hydrogen-bond acceptors (Lipinski definition) is 2. The Labute approximate surface area is 88.6 Å². The van der Waals surface area contributed by atoms with Crippen LogP contribution in [0.2, 0.25) is 0 Å². The molecule has 1 rings (SSSR count). The van der Waals surface area contributed by atoms with Crippen LogP contribution in [0.1, 0.15) is 26.2 Å². The third-order valence-electron chi connectivity index (χ3n) is 2.75. The zero-order valence-corrected chi connectivity index (χ0v) is 9.03. The molecule has 2 N–H and O–H groups in total. The molecule has 0 saturated carbocycles. The van der Waals surface area contributed by atoms with Crippen molar-refractivity contribution in [3.63, 3.8) is 0 Å². The molecule has 0 aromatic heterocycles. The Bertz CT molecular complexity index is 176. The molecule has 2 nitrogen and oxygen atoms in total. The molecule has 1 unspecified atom stereocenters. The predicted molar refractivity (Wildman–Crippen MR) is 53.7 cm³/mol. The fraction of sp³-hybridized carbons (Fsp3) is 1.00. The molecule has 90 valence electrons. The summed E-state index contributed by atoms with van der Waals surface area (Å²) in [6.07, 6.45) is -2.67. The van der Waals surface area contributed by atoms with E-state index in [1.54, 1.807) is 6.92 Å². The number of piperidine rings is 1. The normalized spacial score (nSPS) is 21.6. The van der Waals surface area contributed by atoms with Crippen molar-refractivity contribution >= 4 is 0 Å². The van der Waals surface area contributed by atoms with Crippen LogP contribution in [0.5, 0.6) is 0 Å². The molecule has 1 atom stereocenters. The molecular formula is C10H19F3N2. The SMILES string of the molecule is CC(CC(F)(F)F)NCC1CCNCC1. The first kappa shape index (κ1) is 12.8. The Morgan fingerprint density at radius 3 is 2.47 bits per heavy atom. The molecule has 1 aliphatic heterocycles. The maximum Gasteiger partial charge on any atom is 0.390 e. The van der Waals surface area contributed by atoms with Gasteiger partial charge in [-0.3, -0.25) is 0 Å². The van der Waals surface area contributed by atoms with Crippen LogP contribution in [0.15, 0.2) is 0 Å². The van der Waals surface area contributed by atoms with Crippen molar-refractivity contribution in [3.8, 4) is 0 Å². The molecule has 5 heteroatoms. The van der Waals surface area contributed by atoms with Crippen LogP contribution in [-0.4, -0.2) is 31.9 Å². The zero-order chi connectivity index (χ0) is 11.3. The van der Waals surface area contributed by atoms with Gasteiger partial charge in [0.05, 0.1) is 6.42 Å². The summed E-state index contributed by atoms with van der Waals surface area (Å²) in [5.41, 5.74) is 0. The third-order valence-corrected chi connectivity index (χ3v) is 2.75. The van der Waals surface area contributed by atoms with Crippen molar-refractivity contribution in [2.75, 3.05) is 19.6 Å². The van der Waals surface area contributed by atoms with Gasteiger partial charge < -0.3 is 10.6 Å². The summed E-state index contributed by atoms with van der Waals surface area (Å²) in [6, 6.07) is -0.472. The summed E-state index contributed by atoms with van der Waals surface area (Å²) in [4.78, 5) is 0. The molecule has 0 bridgehead atoms. The van der Waals surface area contributed by atoms with Crippen LogP contribution in [-0.2, 0) is 0 Å². The smallest absolute Gasteiger partial charge is 0.317 e. The van der Waals surface area contributed by atoms with E-state index < -0.39 is 18.6 Å². The minimum atomic E-state index is -4.06. The highest BCUT2D eigenvalue weighted by Gasteiger charge is 2.29. The van der Waals surface area contributed by atoms with Crippen LogP contribution in [0.25, 0.3) is 0 Å². The largest absolute Gasteiger partial charge is 0.390 e.